The van der Waals surface area contributed by atoms with Crippen LogP contribution in [0.15, 0.2) is 24.3 Å². The Hall–Kier alpha value is -1.23. The summed E-state index contributed by atoms with van der Waals surface area (Å²) in [4.78, 5) is 0. The van der Waals surface area contributed by atoms with Gasteiger partial charge in [-0.2, -0.15) is 13.2 Å². The van der Waals surface area contributed by atoms with Crippen molar-refractivity contribution in [3.8, 4) is 0 Å². The van der Waals surface area contributed by atoms with Crippen LogP contribution in [0.25, 0.3) is 0 Å². The van der Waals surface area contributed by atoms with Gasteiger partial charge in [-0.15, -0.1) is 0 Å². The molecule has 5 heteroatoms. The first kappa shape index (κ1) is 13.2. The van der Waals surface area contributed by atoms with Crippen LogP contribution in [0.3, 0.4) is 0 Å². The van der Waals surface area contributed by atoms with E-state index < -0.39 is 11.7 Å². The summed E-state index contributed by atoms with van der Waals surface area (Å²) in [5.41, 5.74) is 0.147. The van der Waals surface area contributed by atoms with Crippen LogP contribution in [0.1, 0.15) is 25.3 Å². The molecule has 0 bridgehead atoms. The summed E-state index contributed by atoms with van der Waals surface area (Å²) in [5, 5.41) is 6.62. The largest absolute Gasteiger partial charge is 0.416 e. The van der Waals surface area contributed by atoms with Crippen LogP contribution >= 0.6 is 0 Å². The van der Waals surface area contributed by atoms with Crippen molar-refractivity contribution in [2.45, 2.75) is 38.0 Å². The fourth-order valence-corrected chi connectivity index (χ4v) is 2.25. The fourth-order valence-electron chi connectivity index (χ4n) is 2.25. The van der Waals surface area contributed by atoms with Gasteiger partial charge in [-0.1, -0.05) is 0 Å². The first-order valence-corrected chi connectivity index (χ1v) is 6.12. The highest BCUT2D eigenvalue weighted by molar-refractivity contribution is 5.46. The van der Waals surface area contributed by atoms with Crippen LogP contribution in [-0.4, -0.2) is 18.6 Å². The molecule has 1 heterocycles. The Morgan fingerprint density at radius 1 is 1.22 bits per heavy atom. The van der Waals surface area contributed by atoms with Crippen molar-refractivity contribution in [1.82, 2.24) is 5.32 Å². The van der Waals surface area contributed by atoms with Crippen LogP contribution in [0.2, 0.25) is 0 Å². The van der Waals surface area contributed by atoms with E-state index in [1.54, 1.807) is 0 Å². The van der Waals surface area contributed by atoms with E-state index in [2.05, 4.69) is 17.6 Å². The second-order valence-electron chi connectivity index (χ2n) is 4.80. The van der Waals surface area contributed by atoms with Gasteiger partial charge in [0.15, 0.2) is 0 Å². The maximum absolute atomic E-state index is 12.4. The monoisotopic (exact) mass is 258 g/mol. The van der Waals surface area contributed by atoms with Gasteiger partial charge in [-0.3, -0.25) is 0 Å². The molecule has 2 nitrogen and oxygen atoms in total. The molecule has 0 aliphatic carbocycles. The van der Waals surface area contributed by atoms with E-state index in [1.165, 1.54) is 12.1 Å². The highest BCUT2D eigenvalue weighted by Crippen LogP contribution is 2.30. The Morgan fingerprint density at radius 3 is 2.44 bits per heavy atom. The molecule has 0 saturated carbocycles. The molecular weight excluding hydrogens is 241 g/mol. The van der Waals surface area contributed by atoms with Gasteiger partial charge in [-0.05, 0) is 50.6 Å². The molecule has 2 atom stereocenters. The molecule has 1 fully saturated rings. The van der Waals surface area contributed by atoms with Crippen LogP contribution in [0.4, 0.5) is 18.9 Å². The van der Waals surface area contributed by atoms with Gasteiger partial charge in [0.2, 0.25) is 0 Å². The van der Waals surface area contributed by atoms with Crippen molar-refractivity contribution >= 4 is 5.69 Å². The summed E-state index contributed by atoms with van der Waals surface area (Å²) in [6.07, 6.45) is -2.28. The average Bonchev–Trinajstić information content (AvgIpc) is 2.28. The van der Waals surface area contributed by atoms with Gasteiger partial charge in [0, 0.05) is 17.8 Å². The second-order valence-corrected chi connectivity index (χ2v) is 4.80. The quantitative estimate of drug-likeness (QED) is 0.850. The highest BCUT2D eigenvalue weighted by atomic mass is 19.4. The average molecular weight is 258 g/mol. The molecule has 1 saturated heterocycles. The SMILES string of the molecule is CC1CC(Nc2ccc(C(F)(F)F)cc2)CCN1. The van der Waals surface area contributed by atoms with Gasteiger partial charge in [0.05, 0.1) is 5.56 Å². The minimum Gasteiger partial charge on any atom is -0.382 e. The van der Waals surface area contributed by atoms with Gasteiger partial charge in [0.1, 0.15) is 0 Å². The molecule has 0 spiro atoms. The van der Waals surface area contributed by atoms with Gasteiger partial charge < -0.3 is 10.6 Å². The summed E-state index contributed by atoms with van der Waals surface area (Å²) < 4.78 is 37.2. The summed E-state index contributed by atoms with van der Waals surface area (Å²) in [6.45, 7) is 3.06. The zero-order chi connectivity index (χ0) is 13.2. The van der Waals surface area contributed by atoms with Crippen molar-refractivity contribution in [3.63, 3.8) is 0 Å². The number of nitrogens with one attached hydrogen (secondary N) is 2. The number of anilines is 1. The smallest absolute Gasteiger partial charge is 0.382 e. The number of alkyl halides is 3. The summed E-state index contributed by atoms with van der Waals surface area (Å²) in [6, 6.07) is 6.01. The third-order valence-electron chi connectivity index (χ3n) is 3.21. The molecule has 1 aromatic rings. The Bertz CT molecular complexity index is 386. The Morgan fingerprint density at radius 2 is 1.89 bits per heavy atom. The van der Waals surface area contributed by atoms with Gasteiger partial charge >= 0.3 is 6.18 Å². The zero-order valence-corrected chi connectivity index (χ0v) is 10.2. The lowest BCUT2D eigenvalue weighted by atomic mass is 10.0. The molecule has 18 heavy (non-hydrogen) atoms. The van der Waals surface area contributed by atoms with E-state index >= 15 is 0 Å². The summed E-state index contributed by atoms with van der Waals surface area (Å²) >= 11 is 0. The normalized spacial score (nSPS) is 24.9. The minimum absolute atomic E-state index is 0.331. The maximum atomic E-state index is 12.4. The van der Waals surface area contributed by atoms with Crippen LogP contribution in [0, 0.1) is 0 Å². The molecule has 0 radical (unpaired) electrons. The van der Waals surface area contributed by atoms with Crippen LogP contribution in [-0.2, 0) is 6.18 Å². The fraction of sp³-hybridized carbons (Fsp3) is 0.538. The number of hydrogen-bond donors (Lipinski definition) is 2. The number of rotatable bonds is 2. The number of benzene rings is 1. The number of hydrogen-bond acceptors (Lipinski definition) is 2. The van der Waals surface area contributed by atoms with Gasteiger partial charge in [0.25, 0.3) is 0 Å². The Kier molecular flexibility index (Phi) is 3.80. The summed E-state index contributed by atoms with van der Waals surface area (Å²) in [7, 11) is 0. The van der Waals surface area contributed by atoms with Crippen LogP contribution in [0.5, 0.6) is 0 Å². The molecule has 1 aliphatic rings. The first-order valence-electron chi connectivity index (χ1n) is 6.12. The van der Waals surface area contributed by atoms with Gasteiger partial charge in [-0.25, -0.2) is 0 Å². The van der Waals surface area contributed by atoms with Crippen LogP contribution < -0.4 is 10.6 Å². The van der Waals surface area contributed by atoms with E-state index in [1.807, 2.05) is 0 Å². The topological polar surface area (TPSA) is 24.1 Å². The molecular formula is C13H17F3N2. The Balaban J connectivity index is 1.98. The maximum Gasteiger partial charge on any atom is 0.416 e. The third kappa shape index (κ3) is 3.38. The lowest BCUT2D eigenvalue weighted by molar-refractivity contribution is -0.137. The van der Waals surface area contributed by atoms with Crippen molar-refractivity contribution in [2.24, 2.45) is 0 Å². The molecule has 1 aromatic carbocycles. The molecule has 2 rings (SSSR count). The number of halogens is 3. The van der Waals surface area contributed by atoms with Crippen molar-refractivity contribution in [1.29, 1.82) is 0 Å². The number of piperidine rings is 1. The standard InChI is InChI=1S/C13H17F3N2/c1-9-8-12(6-7-17-9)18-11-4-2-10(3-5-11)13(14,15)16/h2-5,9,12,17-18H,6-8H2,1H3. The molecule has 0 aromatic heterocycles. The zero-order valence-electron chi connectivity index (χ0n) is 10.2. The van der Waals surface area contributed by atoms with E-state index in [4.69, 9.17) is 0 Å². The molecule has 2 N–H and O–H groups in total. The third-order valence-corrected chi connectivity index (χ3v) is 3.21. The van der Waals surface area contributed by atoms with Crippen molar-refractivity contribution < 1.29 is 13.2 Å². The first-order chi connectivity index (χ1) is 8.45. The van der Waals surface area contributed by atoms with E-state index in [9.17, 15) is 13.2 Å². The van der Waals surface area contributed by atoms with Crippen molar-refractivity contribution in [2.75, 3.05) is 11.9 Å². The molecule has 1 aliphatic heterocycles. The lowest BCUT2D eigenvalue weighted by Crippen LogP contribution is -2.41. The lowest BCUT2D eigenvalue weighted by Gasteiger charge is -2.29. The molecule has 0 amide bonds. The predicted molar refractivity (Wildman–Crippen MR) is 65.6 cm³/mol. The summed E-state index contributed by atoms with van der Waals surface area (Å²) in [5.74, 6) is 0. The van der Waals surface area contributed by atoms with E-state index in [0.717, 1.165) is 37.2 Å². The van der Waals surface area contributed by atoms with E-state index in [0.29, 0.717) is 12.1 Å². The predicted octanol–water partition coefficient (Wildman–Crippen LogP) is 3.26. The Labute approximate surface area is 105 Å². The molecule has 100 valence electrons. The minimum atomic E-state index is -4.26. The van der Waals surface area contributed by atoms with E-state index in [-0.39, 0.29) is 0 Å². The second kappa shape index (κ2) is 5.18. The van der Waals surface area contributed by atoms with Crippen molar-refractivity contribution in [3.05, 3.63) is 29.8 Å². The molecule has 2 unspecified atom stereocenters. The highest BCUT2D eigenvalue weighted by Gasteiger charge is 2.30.